The predicted molar refractivity (Wildman–Crippen MR) is 233 cm³/mol. The molecule has 3 heteroatoms. The second-order valence-corrected chi connectivity index (χ2v) is 14.5. The molecule has 3 aliphatic carbocycles. The van der Waals surface area contributed by atoms with Gasteiger partial charge in [0, 0.05) is 16.7 Å². The molecule has 56 heavy (non-hydrogen) atoms. The Kier molecular flexibility index (Phi) is 10.2. The van der Waals surface area contributed by atoms with E-state index in [2.05, 4.69) is 170 Å². The predicted octanol–water partition coefficient (Wildman–Crippen LogP) is 13.5. The van der Waals surface area contributed by atoms with E-state index in [0.29, 0.717) is 17.5 Å². The third kappa shape index (κ3) is 7.62. The summed E-state index contributed by atoms with van der Waals surface area (Å²) in [6.45, 7) is 0. The fourth-order valence-corrected chi connectivity index (χ4v) is 7.92. The lowest BCUT2D eigenvalue weighted by atomic mass is 9.83. The summed E-state index contributed by atoms with van der Waals surface area (Å²) in [7, 11) is 0. The normalized spacial score (nSPS) is 15.6. The molecule has 0 radical (unpaired) electrons. The van der Waals surface area contributed by atoms with Crippen LogP contribution in [0.1, 0.15) is 61.0 Å². The number of rotatable bonds is 9. The molecular weight excluding hydrogens is 679 g/mol. The minimum atomic E-state index is 0.672. The van der Waals surface area contributed by atoms with Crippen LogP contribution in [0.5, 0.6) is 0 Å². The monoisotopic (exact) mass is 721 g/mol. The number of nitrogens with zero attached hydrogens (tertiary/aromatic N) is 3. The molecule has 0 spiro atoms. The van der Waals surface area contributed by atoms with E-state index in [4.69, 9.17) is 15.0 Å². The van der Waals surface area contributed by atoms with Gasteiger partial charge in [-0.1, -0.05) is 176 Å². The first-order chi connectivity index (χ1) is 27.8. The number of aromatic nitrogens is 3. The Morgan fingerprint density at radius 3 is 1.71 bits per heavy atom. The summed E-state index contributed by atoms with van der Waals surface area (Å²) in [5.41, 5.74) is 15.4. The smallest absolute Gasteiger partial charge is 0.164 e. The third-order valence-corrected chi connectivity index (χ3v) is 10.7. The molecule has 0 atom stereocenters. The molecule has 0 unspecified atom stereocenters. The molecule has 3 nitrogen and oxygen atoms in total. The summed E-state index contributed by atoms with van der Waals surface area (Å²) in [5.74, 6) is 2.07. The van der Waals surface area contributed by atoms with Crippen LogP contribution in [0, 0.1) is 0 Å². The summed E-state index contributed by atoms with van der Waals surface area (Å²) < 4.78 is 0. The molecular formula is C53H43N3. The van der Waals surface area contributed by atoms with Crippen molar-refractivity contribution >= 4 is 16.7 Å². The van der Waals surface area contributed by atoms with Crippen molar-refractivity contribution in [3.05, 3.63) is 227 Å². The first-order valence-corrected chi connectivity index (χ1v) is 19.8. The molecule has 0 N–H and O–H groups in total. The van der Waals surface area contributed by atoms with Crippen LogP contribution >= 0.6 is 0 Å². The molecule has 270 valence electrons. The topological polar surface area (TPSA) is 38.7 Å². The van der Waals surface area contributed by atoms with Crippen molar-refractivity contribution in [2.24, 2.45) is 0 Å². The molecule has 1 heterocycles. The van der Waals surface area contributed by atoms with Crippen LogP contribution in [-0.2, 0) is 0 Å². The first-order valence-electron chi connectivity index (χ1n) is 19.8. The molecule has 3 aliphatic rings. The number of allylic oxidation sites excluding steroid dienone is 13. The number of hydrogen-bond acceptors (Lipinski definition) is 3. The lowest BCUT2D eigenvalue weighted by Gasteiger charge is -2.20. The van der Waals surface area contributed by atoms with E-state index in [-0.39, 0.29) is 0 Å². The minimum Gasteiger partial charge on any atom is -0.208 e. The van der Waals surface area contributed by atoms with Gasteiger partial charge in [-0.3, -0.25) is 0 Å². The molecule has 0 amide bonds. The summed E-state index contributed by atoms with van der Waals surface area (Å²) >= 11 is 0. The van der Waals surface area contributed by atoms with Gasteiger partial charge in [0.25, 0.3) is 0 Å². The third-order valence-electron chi connectivity index (χ3n) is 10.7. The molecule has 0 bridgehead atoms. The Morgan fingerprint density at radius 1 is 0.429 bits per heavy atom. The molecule has 0 fully saturated rings. The highest BCUT2D eigenvalue weighted by atomic mass is 15.0. The maximum absolute atomic E-state index is 5.11. The minimum absolute atomic E-state index is 0.672. The SMILES string of the molecule is C1=CCCC(C2=CC(c3nc(-c4ccccc4)nc(-c4ccc(-c5cccc(/C(=C(/C6=CCCC=C6)c6ccccc6)c6ccccc6)c5)cc4)n3)=CCC2)=C1. The molecule has 5 aromatic carbocycles. The summed E-state index contributed by atoms with van der Waals surface area (Å²) in [6, 6.07) is 49.5. The van der Waals surface area contributed by atoms with E-state index in [9.17, 15) is 0 Å². The molecule has 0 saturated heterocycles. The van der Waals surface area contributed by atoms with Crippen LogP contribution < -0.4 is 0 Å². The maximum Gasteiger partial charge on any atom is 0.164 e. The molecule has 9 rings (SSSR count). The zero-order valence-electron chi connectivity index (χ0n) is 31.5. The molecule has 6 aromatic rings. The van der Waals surface area contributed by atoms with Crippen LogP contribution in [-0.4, -0.2) is 15.0 Å². The zero-order chi connectivity index (χ0) is 37.5. The van der Waals surface area contributed by atoms with Gasteiger partial charge in [-0.05, 0) is 106 Å². The highest BCUT2D eigenvalue weighted by Gasteiger charge is 2.20. The van der Waals surface area contributed by atoms with Crippen molar-refractivity contribution in [2.45, 2.75) is 38.5 Å². The lowest BCUT2D eigenvalue weighted by Crippen LogP contribution is -2.05. The van der Waals surface area contributed by atoms with Gasteiger partial charge in [-0.2, -0.15) is 0 Å². The Labute approximate surface area is 330 Å². The Morgan fingerprint density at radius 2 is 1.04 bits per heavy atom. The van der Waals surface area contributed by atoms with Crippen molar-refractivity contribution in [1.82, 2.24) is 15.0 Å². The Balaban J connectivity index is 1.11. The second-order valence-electron chi connectivity index (χ2n) is 14.5. The van der Waals surface area contributed by atoms with E-state index in [0.717, 1.165) is 66.4 Å². The average Bonchev–Trinajstić information content (AvgIpc) is 3.29. The fraction of sp³-hybridized carbons (Fsp3) is 0.113. The van der Waals surface area contributed by atoms with Crippen LogP contribution in [0.2, 0.25) is 0 Å². The van der Waals surface area contributed by atoms with Gasteiger partial charge in [-0.15, -0.1) is 0 Å². The zero-order valence-corrected chi connectivity index (χ0v) is 31.5. The van der Waals surface area contributed by atoms with Gasteiger partial charge in [0.15, 0.2) is 17.5 Å². The van der Waals surface area contributed by atoms with Crippen molar-refractivity contribution in [2.75, 3.05) is 0 Å². The largest absolute Gasteiger partial charge is 0.208 e. The summed E-state index contributed by atoms with van der Waals surface area (Å²) in [4.78, 5) is 15.2. The maximum atomic E-state index is 5.11. The standard InChI is InChI=1S/C53H43N3/c1-6-18-38(19-7-1)46-29-17-31-48(37-46)53-55-51(43-26-14-5-15-27-43)54-52(56-53)44-34-32-39(33-35-44)45-28-16-30-47(36-45)50(42-24-12-4-13-25-42)49(40-20-8-2-9-21-40)41-22-10-3-11-23-41/h1-2,4-6,8-10,12-16,18,20-28,30-37H,3,7,11,17,19,29H2/b50-49+. The van der Waals surface area contributed by atoms with Gasteiger partial charge in [0.2, 0.25) is 0 Å². The van der Waals surface area contributed by atoms with E-state index >= 15 is 0 Å². The fourth-order valence-electron chi connectivity index (χ4n) is 7.92. The van der Waals surface area contributed by atoms with Crippen molar-refractivity contribution < 1.29 is 0 Å². The van der Waals surface area contributed by atoms with Crippen molar-refractivity contribution in [3.63, 3.8) is 0 Å². The molecule has 0 saturated carbocycles. The van der Waals surface area contributed by atoms with Crippen LogP contribution in [0.15, 0.2) is 205 Å². The van der Waals surface area contributed by atoms with E-state index in [1.54, 1.807) is 0 Å². The first kappa shape index (κ1) is 35.0. The Hall–Kier alpha value is -6.71. The van der Waals surface area contributed by atoms with E-state index < -0.39 is 0 Å². The molecule has 1 aromatic heterocycles. The van der Waals surface area contributed by atoms with E-state index in [1.807, 2.05) is 18.2 Å². The highest BCUT2D eigenvalue weighted by Crippen LogP contribution is 2.40. The van der Waals surface area contributed by atoms with Crippen LogP contribution in [0.4, 0.5) is 0 Å². The number of hydrogen-bond donors (Lipinski definition) is 0. The quantitative estimate of drug-likeness (QED) is 0.140. The summed E-state index contributed by atoms with van der Waals surface area (Å²) in [6.07, 6.45) is 24.5. The lowest BCUT2D eigenvalue weighted by molar-refractivity contribution is 0.897. The van der Waals surface area contributed by atoms with Gasteiger partial charge in [0.05, 0.1) is 0 Å². The van der Waals surface area contributed by atoms with Gasteiger partial charge in [-0.25, -0.2) is 15.0 Å². The average molecular weight is 722 g/mol. The van der Waals surface area contributed by atoms with Gasteiger partial charge < -0.3 is 0 Å². The number of benzene rings is 5. The van der Waals surface area contributed by atoms with Gasteiger partial charge in [0.1, 0.15) is 0 Å². The molecule has 0 aliphatic heterocycles. The van der Waals surface area contributed by atoms with Crippen LogP contribution in [0.25, 0.3) is 50.6 Å². The van der Waals surface area contributed by atoms with Crippen molar-refractivity contribution in [3.8, 4) is 33.9 Å². The van der Waals surface area contributed by atoms with Crippen LogP contribution in [0.3, 0.4) is 0 Å². The van der Waals surface area contributed by atoms with Crippen molar-refractivity contribution in [1.29, 1.82) is 0 Å². The van der Waals surface area contributed by atoms with E-state index in [1.165, 1.54) is 44.6 Å². The van der Waals surface area contributed by atoms with Gasteiger partial charge >= 0.3 is 0 Å². The highest BCUT2D eigenvalue weighted by molar-refractivity contribution is 6.05. The summed E-state index contributed by atoms with van der Waals surface area (Å²) in [5, 5.41) is 0. The second kappa shape index (κ2) is 16.3. The Bertz CT molecular complexity index is 2580.